The molecule has 0 fully saturated rings. The zero-order valence-electron chi connectivity index (χ0n) is 26.2. The van der Waals surface area contributed by atoms with Gasteiger partial charge in [-0.2, -0.15) is 0 Å². The van der Waals surface area contributed by atoms with Crippen LogP contribution in [0.2, 0.25) is 5.02 Å². The van der Waals surface area contributed by atoms with Crippen LogP contribution in [0.25, 0.3) is 0 Å². The number of benzene rings is 2. The monoisotopic (exact) mass is 601 g/mol. The molecule has 0 aliphatic rings. The smallest absolute Gasteiger partial charge is 0.408 e. The molecule has 42 heavy (non-hydrogen) atoms. The highest BCUT2D eigenvalue weighted by molar-refractivity contribution is 6.34. The Morgan fingerprint density at radius 2 is 1.60 bits per heavy atom. The van der Waals surface area contributed by atoms with Crippen LogP contribution in [0.4, 0.5) is 10.5 Å². The molecule has 0 aliphatic carbocycles. The molecule has 0 bridgehead atoms. The summed E-state index contributed by atoms with van der Waals surface area (Å²) in [5.41, 5.74) is 2.96. The second kappa shape index (κ2) is 16.5. The van der Waals surface area contributed by atoms with Crippen LogP contribution in [0, 0.1) is 20.8 Å². The number of nitrogens with one attached hydrogen (secondary N) is 2. The van der Waals surface area contributed by atoms with E-state index in [1.165, 1.54) is 4.90 Å². The summed E-state index contributed by atoms with van der Waals surface area (Å²) in [4.78, 5) is 42.3. The lowest BCUT2D eigenvalue weighted by molar-refractivity contribution is -0.141. The van der Waals surface area contributed by atoms with Gasteiger partial charge in [0.05, 0.1) is 17.3 Å². The van der Waals surface area contributed by atoms with Crippen LogP contribution in [0.3, 0.4) is 0 Å². The minimum absolute atomic E-state index is 0.254. The molecule has 2 aromatic rings. The summed E-state index contributed by atoms with van der Waals surface area (Å²) < 4.78 is 5.34. The van der Waals surface area contributed by atoms with Gasteiger partial charge in [0, 0.05) is 6.54 Å². The summed E-state index contributed by atoms with van der Waals surface area (Å²) in [6.07, 6.45) is 5.06. The summed E-state index contributed by atoms with van der Waals surface area (Å²) in [7, 11) is 0. The number of aliphatic hydroxyl groups excluding tert-OH is 1. The fraction of sp³-hybridized carbons (Fsp3) is 0.545. The zero-order valence-corrected chi connectivity index (χ0v) is 26.9. The Labute approximate surface area is 256 Å². The van der Waals surface area contributed by atoms with Crippen molar-refractivity contribution in [2.24, 2.45) is 0 Å². The van der Waals surface area contributed by atoms with E-state index in [0.717, 1.165) is 48.8 Å². The van der Waals surface area contributed by atoms with E-state index in [-0.39, 0.29) is 6.54 Å². The van der Waals surface area contributed by atoms with E-state index in [2.05, 4.69) is 17.6 Å². The first kappa shape index (κ1) is 35.1. The fourth-order valence-corrected chi connectivity index (χ4v) is 5.16. The zero-order chi connectivity index (χ0) is 31.4. The van der Waals surface area contributed by atoms with Gasteiger partial charge in [0.25, 0.3) is 5.91 Å². The topological polar surface area (TPSA) is 108 Å². The first-order chi connectivity index (χ1) is 19.8. The number of hydrogen-bond donors (Lipinski definition) is 3. The first-order valence-electron chi connectivity index (χ1n) is 14.8. The molecule has 0 saturated carbocycles. The number of carbonyl (C=O) groups excluding carboxylic acids is 3. The molecule has 0 aromatic heterocycles. The summed E-state index contributed by atoms with van der Waals surface area (Å²) >= 11 is 6.45. The van der Waals surface area contributed by atoms with Crippen molar-refractivity contribution < 1.29 is 24.2 Å². The Kier molecular flexibility index (Phi) is 13.8. The SMILES string of the molecule is CCCCCCCCN(C(=O)C(CO)NC(=O)OC(C)(C)C)C(C(=O)Nc1c(C)cccc1Cl)c1cc(C)cc(C)c1. The molecule has 0 heterocycles. The molecule has 0 radical (unpaired) electrons. The van der Waals surface area contributed by atoms with Crippen molar-refractivity contribution in [3.8, 4) is 0 Å². The van der Waals surface area contributed by atoms with Crippen LogP contribution in [-0.2, 0) is 14.3 Å². The number of hydrogen-bond acceptors (Lipinski definition) is 5. The van der Waals surface area contributed by atoms with Crippen LogP contribution in [0.5, 0.6) is 0 Å². The molecule has 2 aromatic carbocycles. The number of rotatable bonds is 14. The summed E-state index contributed by atoms with van der Waals surface area (Å²) in [5.74, 6) is -1.02. The van der Waals surface area contributed by atoms with Gasteiger partial charge >= 0.3 is 6.09 Å². The lowest BCUT2D eigenvalue weighted by atomic mass is 9.97. The average Bonchev–Trinajstić information content (AvgIpc) is 2.88. The highest BCUT2D eigenvalue weighted by atomic mass is 35.5. The van der Waals surface area contributed by atoms with Gasteiger partial charge < -0.3 is 25.4 Å². The fourth-order valence-electron chi connectivity index (χ4n) is 4.89. The number of alkyl carbamates (subject to hydrolysis) is 1. The molecule has 3 amide bonds. The summed E-state index contributed by atoms with van der Waals surface area (Å²) in [5, 5.41) is 16.1. The molecule has 2 unspecified atom stereocenters. The van der Waals surface area contributed by atoms with E-state index in [4.69, 9.17) is 16.3 Å². The number of aryl methyl sites for hydroxylation is 3. The molecular weight excluding hydrogens is 554 g/mol. The number of aliphatic hydroxyl groups is 1. The van der Waals surface area contributed by atoms with Crippen molar-refractivity contribution in [3.05, 3.63) is 63.7 Å². The van der Waals surface area contributed by atoms with Crippen LogP contribution in [0.1, 0.15) is 94.5 Å². The van der Waals surface area contributed by atoms with Crippen LogP contribution >= 0.6 is 11.6 Å². The first-order valence-corrected chi connectivity index (χ1v) is 15.2. The third kappa shape index (κ3) is 11.0. The standard InChI is InChI=1S/C33H48ClN3O5/c1-8-9-10-11-12-13-17-37(31(40)27(21-38)35-32(41)42-33(5,6)7)29(25-19-22(2)18-23(3)20-25)30(39)36-28-24(4)15-14-16-26(28)34/h14-16,18-20,27,29,38H,8-13,17,21H2,1-7H3,(H,35,41)(H,36,39). The molecule has 232 valence electrons. The third-order valence-corrected chi connectivity index (χ3v) is 7.11. The molecule has 2 rings (SSSR count). The largest absolute Gasteiger partial charge is 0.444 e. The number of halogens is 1. The minimum atomic E-state index is -1.30. The normalized spacial score (nSPS) is 12.8. The van der Waals surface area contributed by atoms with Crippen LogP contribution in [0.15, 0.2) is 36.4 Å². The Morgan fingerprint density at radius 3 is 2.17 bits per heavy atom. The Bertz CT molecular complexity index is 1170. The van der Waals surface area contributed by atoms with Gasteiger partial charge in [-0.25, -0.2) is 4.79 Å². The van der Waals surface area contributed by atoms with Gasteiger partial charge in [-0.3, -0.25) is 9.59 Å². The second-order valence-corrected chi connectivity index (χ2v) is 12.3. The van der Waals surface area contributed by atoms with E-state index in [1.54, 1.807) is 32.9 Å². The second-order valence-electron chi connectivity index (χ2n) is 11.9. The lowest BCUT2D eigenvalue weighted by Gasteiger charge is -2.34. The Morgan fingerprint density at radius 1 is 0.976 bits per heavy atom. The van der Waals surface area contributed by atoms with E-state index in [0.29, 0.717) is 22.7 Å². The quantitative estimate of drug-likeness (QED) is 0.202. The lowest BCUT2D eigenvalue weighted by Crippen LogP contribution is -2.54. The highest BCUT2D eigenvalue weighted by Crippen LogP contribution is 2.30. The average molecular weight is 602 g/mol. The van der Waals surface area contributed by atoms with Crippen LogP contribution in [-0.4, -0.2) is 52.7 Å². The highest BCUT2D eigenvalue weighted by Gasteiger charge is 2.36. The minimum Gasteiger partial charge on any atom is -0.444 e. The predicted molar refractivity (Wildman–Crippen MR) is 169 cm³/mol. The molecule has 2 atom stereocenters. The van der Waals surface area contributed by atoms with Gasteiger partial charge in [0.1, 0.15) is 17.7 Å². The number of nitrogens with zero attached hydrogens (tertiary/aromatic N) is 1. The number of ether oxygens (including phenoxy) is 1. The molecule has 0 aliphatic heterocycles. The van der Waals surface area contributed by atoms with E-state index in [1.807, 2.05) is 45.0 Å². The van der Waals surface area contributed by atoms with E-state index in [9.17, 15) is 19.5 Å². The van der Waals surface area contributed by atoms with Gasteiger partial charge in [0.15, 0.2) is 0 Å². The van der Waals surface area contributed by atoms with Crippen molar-refractivity contribution in [3.63, 3.8) is 0 Å². The van der Waals surface area contributed by atoms with Gasteiger partial charge in [-0.05, 0) is 65.2 Å². The maximum atomic E-state index is 14.1. The molecule has 8 nitrogen and oxygen atoms in total. The van der Waals surface area contributed by atoms with Gasteiger partial charge in [-0.15, -0.1) is 0 Å². The number of anilines is 1. The van der Waals surface area contributed by atoms with E-state index < -0.39 is 42.2 Å². The Hall–Kier alpha value is -3.10. The number of unbranched alkanes of at least 4 members (excludes halogenated alkanes) is 5. The third-order valence-electron chi connectivity index (χ3n) is 6.80. The summed E-state index contributed by atoms with van der Waals surface area (Å²) in [6.45, 7) is 12.6. The number of carbonyl (C=O) groups is 3. The molecule has 3 N–H and O–H groups in total. The maximum absolute atomic E-state index is 14.1. The van der Waals surface area contributed by atoms with Crippen molar-refractivity contribution in [1.82, 2.24) is 10.2 Å². The van der Waals surface area contributed by atoms with Crippen molar-refractivity contribution in [1.29, 1.82) is 0 Å². The van der Waals surface area contributed by atoms with Crippen LogP contribution < -0.4 is 10.6 Å². The van der Waals surface area contributed by atoms with Gasteiger partial charge in [-0.1, -0.05) is 92.1 Å². The molecule has 9 heteroatoms. The van der Waals surface area contributed by atoms with E-state index >= 15 is 0 Å². The summed E-state index contributed by atoms with van der Waals surface area (Å²) in [6, 6.07) is 8.76. The Balaban J connectivity index is 2.54. The number of para-hydroxylation sites is 1. The molecule has 0 saturated heterocycles. The molecule has 0 spiro atoms. The maximum Gasteiger partial charge on any atom is 0.408 e. The molecular formula is C33H48ClN3O5. The van der Waals surface area contributed by atoms with Crippen molar-refractivity contribution in [2.75, 3.05) is 18.5 Å². The van der Waals surface area contributed by atoms with Gasteiger partial charge in [0.2, 0.25) is 5.91 Å². The van der Waals surface area contributed by atoms with Crippen molar-refractivity contribution >= 4 is 35.2 Å². The number of amides is 3. The van der Waals surface area contributed by atoms with Crippen molar-refractivity contribution in [2.45, 2.75) is 105 Å². The predicted octanol–water partition coefficient (Wildman–Crippen LogP) is 7.02.